The summed E-state index contributed by atoms with van der Waals surface area (Å²) >= 11 is 0. The normalized spacial score (nSPS) is 10.9. The number of hydrogen-bond donors (Lipinski definition) is 4. The van der Waals surface area contributed by atoms with E-state index in [1.165, 1.54) is 24.3 Å². The SMILES string of the molecule is C[Si](C)(Oc1ccc(C(=O)O)c(C(=O)O)c1)c1ccc(C(=O)O)c(C(=O)O)c1. The van der Waals surface area contributed by atoms with Gasteiger partial charge in [-0.05, 0) is 48.6 Å². The van der Waals surface area contributed by atoms with Crippen molar-refractivity contribution in [3.63, 3.8) is 0 Å². The number of benzene rings is 2. The number of carboxylic acid groups (broad SMARTS) is 4. The third-order valence-corrected chi connectivity index (χ3v) is 6.45. The first kappa shape index (κ1) is 20.6. The molecule has 0 aliphatic rings. The molecule has 0 saturated heterocycles. The van der Waals surface area contributed by atoms with Crippen LogP contribution in [-0.2, 0) is 0 Å². The van der Waals surface area contributed by atoms with Gasteiger partial charge in [0.2, 0.25) is 0 Å². The van der Waals surface area contributed by atoms with Crippen LogP contribution >= 0.6 is 0 Å². The maximum Gasteiger partial charge on any atom is 0.336 e. The quantitative estimate of drug-likeness (QED) is 0.506. The molecule has 0 unspecified atom stereocenters. The van der Waals surface area contributed by atoms with E-state index in [2.05, 4.69) is 0 Å². The Kier molecular flexibility index (Phi) is 5.55. The van der Waals surface area contributed by atoms with Gasteiger partial charge in [0.05, 0.1) is 22.3 Å². The van der Waals surface area contributed by atoms with Gasteiger partial charge in [-0.25, -0.2) is 19.2 Å². The zero-order valence-electron chi connectivity index (χ0n) is 14.8. The van der Waals surface area contributed by atoms with E-state index in [-0.39, 0.29) is 16.9 Å². The smallest absolute Gasteiger partial charge is 0.336 e. The van der Waals surface area contributed by atoms with Crippen LogP contribution in [0.3, 0.4) is 0 Å². The Bertz CT molecular complexity index is 995. The molecule has 4 N–H and O–H groups in total. The average Bonchev–Trinajstić information content (AvgIpc) is 2.60. The van der Waals surface area contributed by atoms with E-state index in [1.807, 2.05) is 0 Å². The van der Waals surface area contributed by atoms with Crippen LogP contribution in [0.15, 0.2) is 36.4 Å². The molecule has 0 fully saturated rings. The second kappa shape index (κ2) is 7.52. The molecule has 2 aromatic carbocycles. The maximum absolute atomic E-state index is 11.4. The van der Waals surface area contributed by atoms with Crippen molar-refractivity contribution >= 4 is 37.4 Å². The molecule has 146 valence electrons. The van der Waals surface area contributed by atoms with E-state index >= 15 is 0 Å². The van der Waals surface area contributed by atoms with Crippen molar-refractivity contribution in [2.24, 2.45) is 0 Å². The van der Waals surface area contributed by atoms with Gasteiger partial charge in [-0.15, -0.1) is 0 Å². The van der Waals surface area contributed by atoms with E-state index in [1.54, 1.807) is 13.1 Å². The molecular weight excluding hydrogens is 388 g/mol. The summed E-state index contributed by atoms with van der Waals surface area (Å²) in [7, 11) is -2.85. The first-order chi connectivity index (χ1) is 12.9. The van der Waals surface area contributed by atoms with E-state index in [9.17, 15) is 29.4 Å². The number of hydrogen-bond acceptors (Lipinski definition) is 5. The Morgan fingerprint density at radius 3 is 1.57 bits per heavy atom. The van der Waals surface area contributed by atoms with E-state index in [0.717, 1.165) is 12.1 Å². The Hall–Kier alpha value is -3.66. The molecule has 0 aliphatic heterocycles. The molecule has 0 radical (unpaired) electrons. The Morgan fingerprint density at radius 2 is 1.11 bits per heavy atom. The van der Waals surface area contributed by atoms with Crippen LogP contribution in [0.1, 0.15) is 41.4 Å². The molecule has 0 bridgehead atoms. The third-order valence-electron chi connectivity index (χ3n) is 4.00. The summed E-state index contributed by atoms with van der Waals surface area (Å²) in [5.74, 6) is -5.49. The molecule has 10 heteroatoms. The van der Waals surface area contributed by atoms with E-state index in [4.69, 9.17) is 14.6 Å². The monoisotopic (exact) mass is 404 g/mol. The van der Waals surface area contributed by atoms with Crippen molar-refractivity contribution in [2.75, 3.05) is 0 Å². The Morgan fingerprint density at radius 1 is 0.679 bits per heavy atom. The second-order valence-electron chi connectivity index (χ2n) is 6.30. The molecule has 28 heavy (non-hydrogen) atoms. The fourth-order valence-corrected chi connectivity index (χ4v) is 4.40. The van der Waals surface area contributed by atoms with Crippen LogP contribution in [0.2, 0.25) is 13.1 Å². The van der Waals surface area contributed by atoms with Crippen LogP contribution in [0, 0.1) is 0 Å². The van der Waals surface area contributed by atoms with Crippen LogP contribution in [0.4, 0.5) is 0 Å². The summed E-state index contributed by atoms with van der Waals surface area (Å²) in [4.78, 5) is 45.0. The molecule has 0 saturated carbocycles. The van der Waals surface area contributed by atoms with Crippen molar-refractivity contribution in [3.05, 3.63) is 58.7 Å². The van der Waals surface area contributed by atoms with Crippen molar-refractivity contribution in [1.82, 2.24) is 0 Å². The zero-order chi connectivity index (χ0) is 21.2. The standard InChI is InChI=1S/C18H16O9Si/c1-28(2,10-4-6-12(16(21)22)14(8-10)18(25)26)27-9-3-5-11(15(19)20)13(7-9)17(23)24/h3-8H,1-2H3,(H,19,20)(H,21,22)(H,23,24)(H,25,26). The van der Waals surface area contributed by atoms with Gasteiger partial charge in [-0.3, -0.25) is 0 Å². The number of aromatic carboxylic acids is 4. The lowest BCUT2D eigenvalue weighted by Gasteiger charge is -2.25. The lowest BCUT2D eigenvalue weighted by molar-refractivity contribution is 0.0651. The third kappa shape index (κ3) is 4.18. The Balaban J connectivity index is 2.46. The van der Waals surface area contributed by atoms with Crippen LogP contribution < -0.4 is 9.61 Å². The predicted octanol–water partition coefficient (Wildman–Crippen LogP) is 1.97. The second-order valence-corrected chi connectivity index (χ2v) is 10.1. The molecule has 0 atom stereocenters. The van der Waals surface area contributed by atoms with Gasteiger partial charge in [-0.2, -0.15) is 0 Å². The van der Waals surface area contributed by atoms with Crippen LogP contribution in [0.5, 0.6) is 5.75 Å². The highest BCUT2D eigenvalue weighted by molar-refractivity contribution is 6.85. The van der Waals surface area contributed by atoms with Crippen molar-refractivity contribution in [2.45, 2.75) is 13.1 Å². The van der Waals surface area contributed by atoms with Gasteiger partial charge in [0, 0.05) is 0 Å². The van der Waals surface area contributed by atoms with Gasteiger partial charge in [-0.1, -0.05) is 6.07 Å². The average molecular weight is 404 g/mol. The van der Waals surface area contributed by atoms with Crippen molar-refractivity contribution < 1.29 is 44.0 Å². The van der Waals surface area contributed by atoms with Crippen molar-refractivity contribution in [3.8, 4) is 5.75 Å². The van der Waals surface area contributed by atoms with Gasteiger partial charge in [0.1, 0.15) is 5.75 Å². The summed E-state index contributed by atoms with van der Waals surface area (Å²) in [5, 5.41) is 37.1. The highest BCUT2D eigenvalue weighted by Crippen LogP contribution is 2.22. The summed E-state index contributed by atoms with van der Waals surface area (Å²) in [6, 6.07) is 7.36. The molecule has 0 aromatic heterocycles. The van der Waals surface area contributed by atoms with E-state index in [0.29, 0.717) is 5.19 Å². The fourth-order valence-electron chi connectivity index (χ4n) is 2.59. The number of rotatable bonds is 7. The molecule has 9 nitrogen and oxygen atoms in total. The zero-order valence-corrected chi connectivity index (χ0v) is 15.8. The maximum atomic E-state index is 11.4. The lowest BCUT2D eigenvalue weighted by atomic mass is 10.1. The number of carboxylic acids is 4. The molecule has 0 amide bonds. The van der Waals surface area contributed by atoms with Gasteiger partial charge < -0.3 is 24.9 Å². The summed E-state index contributed by atoms with van der Waals surface area (Å²) in [6.45, 7) is 3.42. The highest BCUT2D eigenvalue weighted by atomic mass is 28.4. The number of carbonyl (C=O) groups is 4. The minimum atomic E-state index is -2.85. The van der Waals surface area contributed by atoms with Gasteiger partial charge in [0.25, 0.3) is 8.32 Å². The minimum Gasteiger partial charge on any atom is -0.540 e. The minimum absolute atomic E-state index is 0.109. The fraction of sp³-hybridized carbons (Fsp3) is 0.111. The largest absolute Gasteiger partial charge is 0.540 e. The summed E-state index contributed by atoms with van der Waals surface area (Å²) < 4.78 is 5.89. The van der Waals surface area contributed by atoms with Crippen LogP contribution in [-0.4, -0.2) is 52.6 Å². The molecule has 0 heterocycles. The predicted molar refractivity (Wildman–Crippen MR) is 98.5 cm³/mol. The van der Waals surface area contributed by atoms with E-state index < -0.39 is 43.3 Å². The lowest BCUT2D eigenvalue weighted by Crippen LogP contribution is -2.48. The summed E-state index contributed by atoms with van der Waals surface area (Å²) in [5.41, 5.74) is -1.58. The van der Waals surface area contributed by atoms with Crippen molar-refractivity contribution in [1.29, 1.82) is 0 Å². The first-order valence-electron chi connectivity index (χ1n) is 7.85. The molecule has 0 spiro atoms. The molecule has 2 aromatic rings. The highest BCUT2D eigenvalue weighted by Gasteiger charge is 2.30. The first-order valence-corrected chi connectivity index (χ1v) is 10.8. The summed E-state index contributed by atoms with van der Waals surface area (Å²) in [6.07, 6.45) is 0. The van der Waals surface area contributed by atoms with Gasteiger partial charge in [0.15, 0.2) is 0 Å². The topological polar surface area (TPSA) is 158 Å². The van der Waals surface area contributed by atoms with Gasteiger partial charge >= 0.3 is 23.9 Å². The molecule has 0 aliphatic carbocycles. The molecule has 2 rings (SSSR count). The Labute approximate surface area is 159 Å². The van der Waals surface area contributed by atoms with Crippen LogP contribution in [0.25, 0.3) is 0 Å². The molecular formula is C18H16O9Si.